The van der Waals surface area contributed by atoms with Gasteiger partial charge in [-0.15, -0.1) is 11.3 Å². The quantitative estimate of drug-likeness (QED) is 0.592. The van der Waals surface area contributed by atoms with Crippen LogP contribution in [0.2, 0.25) is 0 Å². The van der Waals surface area contributed by atoms with E-state index in [4.69, 9.17) is 11.5 Å². The highest BCUT2D eigenvalue weighted by Gasteiger charge is 2.11. The summed E-state index contributed by atoms with van der Waals surface area (Å²) >= 11 is 1.26. The number of rotatable bonds is 2. The minimum atomic E-state index is -0.896. The molecule has 0 aliphatic heterocycles. The zero-order chi connectivity index (χ0) is 9.84. The standard InChI is InChI=1S/C6H8N4O2S/c7-1-4-9-3(2-13-4)5(11)10-6(8)12/h2H,1,7H2,(H3,8,10,11,12). The number of carbonyl (C=O) groups excluding carboxylic acids is 2. The van der Waals surface area contributed by atoms with Gasteiger partial charge in [-0.3, -0.25) is 10.1 Å². The predicted molar refractivity (Wildman–Crippen MR) is 47.1 cm³/mol. The largest absolute Gasteiger partial charge is 0.351 e. The van der Waals surface area contributed by atoms with Crippen molar-refractivity contribution in [2.75, 3.05) is 0 Å². The zero-order valence-corrected chi connectivity index (χ0v) is 7.43. The molecule has 1 aromatic heterocycles. The van der Waals surface area contributed by atoms with Crippen LogP contribution in [0.25, 0.3) is 0 Å². The Morgan fingerprint density at radius 3 is 2.77 bits per heavy atom. The second-order valence-electron chi connectivity index (χ2n) is 2.15. The van der Waals surface area contributed by atoms with E-state index in [-0.39, 0.29) is 12.2 Å². The molecule has 7 heteroatoms. The maximum absolute atomic E-state index is 11.1. The molecule has 6 nitrogen and oxygen atoms in total. The highest BCUT2D eigenvalue weighted by molar-refractivity contribution is 7.09. The summed E-state index contributed by atoms with van der Waals surface area (Å²) in [6.07, 6.45) is 0. The number of nitrogens with one attached hydrogen (secondary N) is 1. The number of primary amides is 1. The molecule has 1 heterocycles. The van der Waals surface area contributed by atoms with Crippen LogP contribution in [0.4, 0.5) is 4.79 Å². The molecule has 0 saturated carbocycles. The van der Waals surface area contributed by atoms with Crippen LogP contribution in [0.3, 0.4) is 0 Å². The van der Waals surface area contributed by atoms with Gasteiger partial charge in [0, 0.05) is 11.9 Å². The zero-order valence-electron chi connectivity index (χ0n) is 6.61. The highest BCUT2D eigenvalue weighted by Crippen LogP contribution is 2.08. The lowest BCUT2D eigenvalue weighted by Gasteiger charge is -1.94. The SMILES string of the molecule is NCc1nc(C(=O)NC(N)=O)cs1. The normalized spacial score (nSPS) is 9.62. The van der Waals surface area contributed by atoms with Gasteiger partial charge in [-0.1, -0.05) is 0 Å². The van der Waals surface area contributed by atoms with Gasteiger partial charge in [0.05, 0.1) is 0 Å². The van der Waals surface area contributed by atoms with Gasteiger partial charge in [-0.05, 0) is 0 Å². The van der Waals surface area contributed by atoms with E-state index >= 15 is 0 Å². The van der Waals surface area contributed by atoms with Crippen LogP contribution in [-0.4, -0.2) is 16.9 Å². The minimum Gasteiger partial charge on any atom is -0.351 e. The van der Waals surface area contributed by atoms with Gasteiger partial charge in [-0.25, -0.2) is 9.78 Å². The summed E-state index contributed by atoms with van der Waals surface area (Å²) in [4.78, 5) is 25.2. The summed E-state index contributed by atoms with van der Waals surface area (Å²) < 4.78 is 0. The van der Waals surface area contributed by atoms with Crippen LogP contribution in [0.1, 0.15) is 15.5 Å². The third-order valence-electron chi connectivity index (χ3n) is 1.20. The molecule has 0 spiro atoms. The Balaban J connectivity index is 2.71. The van der Waals surface area contributed by atoms with Crippen molar-refractivity contribution >= 4 is 23.3 Å². The lowest BCUT2D eigenvalue weighted by molar-refractivity contribution is 0.0962. The number of hydrogen-bond donors (Lipinski definition) is 3. The third kappa shape index (κ3) is 2.49. The van der Waals surface area contributed by atoms with E-state index in [9.17, 15) is 9.59 Å². The fourth-order valence-corrected chi connectivity index (χ4v) is 1.34. The summed E-state index contributed by atoms with van der Waals surface area (Å²) in [7, 11) is 0. The van der Waals surface area contributed by atoms with Crippen LogP contribution in [0, 0.1) is 0 Å². The first-order valence-electron chi connectivity index (χ1n) is 3.38. The first-order valence-corrected chi connectivity index (χ1v) is 4.26. The number of nitrogens with zero attached hydrogens (tertiary/aromatic N) is 1. The number of hydrogen-bond acceptors (Lipinski definition) is 5. The minimum absolute atomic E-state index is 0.157. The number of nitrogens with two attached hydrogens (primary N) is 2. The third-order valence-corrected chi connectivity index (χ3v) is 2.07. The average molecular weight is 200 g/mol. The van der Waals surface area contributed by atoms with Crippen LogP contribution in [0.5, 0.6) is 0 Å². The van der Waals surface area contributed by atoms with Crippen molar-refractivity contribution in [2.45, 2.75) is 6.54 Å². The number of amides is 3. The molecule has 0 saturated heterocycles. The van der Waals surface area contributed by atoms with Crippen LogP contribution in [0.15, 0.2) is 5.38 Å². The molecule has 13 heavy (non-hydrogen) atoms. The molecule has 0 radical (unpaired) electrons. The van der Waals surface area contributed by atoms with Gasteiger partial charge in [0.15, 0.2) is 0 Å². The maximum Gasteiger partial charge on any atom is 0.319 e. The average Bonchev–Trinajstić information content (AvgIpc) is 2.50. The molecule has 0 unspecified atom stereocenters. The summed E-state index contributed by atoms with van der Waals surface area (Å²) in [6.45, 7) is 0.272. The summed E-state index contributed by atoms with van der Waals surface area (Å²) in [5.74, 6) is -0.608. The highest BCUT2D eigenvalue weighted by atomic mass is 32.1. The number of urea groups is 1. The number of thiazole rings is 1. The van der Waals surface area contributed by atoms with Gasteiger partial charge in [0.2, 0.25) is 0 Å². The summed E-state index contributed by atoms with van der Waals surface area (Å²) in [5.41, 5.74) is 10.2. The molecule has 1 aromatic rings. The lowest BCUT2D eigenvalue weighted by atomic mass is 10.4. The van der Waals surface area contributed by atoms with Crippen molar-refractivity contribution < 1.29 is 9.59 Å². The van der Waals surface area contributed by atoms with Crippen molar-refractivity contribution in [3.63, 3.8) is 0 Å². The Morgan fingerprint density at radius 2 is 2.31 bits per heavy atom. The van der Waals surface area contributed by atoms with Crippen molar-refractivity contribution in [1.82, 2.24) is 10.3 Å². The van der Waals surface area contributed by atoms with Gasteiger partial charge in [0.25, 0.3) is 5.91 Å². The van der Waals surface area contributed by atoms with Gasteiger partial charge < -0.3 is 11.5 Å². The van der Waals surface area contributed by atoms with Crippen molar-refractivity contribution in [1.29, 1.82) is 0 Å². The Morgan fingerprint density at radius 1 is 1.62 bits per heavy atom. The summed E-state index contributed by atoms with van der Waals surface area (Å²) in [6, 6.07) is -0.896. The Labute approximate surface area is 77.9 Å². The van der Waals surface area contributed by atoms with E-state index in [1.54, 1.807) is 0 Å². The van der Waals surface area contributed by atoms with Crippen LogP contribution in [-0.2, 0) is 6.54 Å². The Bertz CT molecular complexity index is 335. The Hall–Kier alpha value is -1.47. The lowest BCUT2D eigenvalue weighted by Crippen LogP contribution is -2.35. The topological polar surface area (TPSA) is 111 Å². The van der Waals surface area contributed by atoms with Crippen molar-refractivity contribution in [2.24, 2.45) is 11.5 Å². The fraction of sp³-hybridized carbons (Fsp3) is 0.167. The molecular weight excluding hydrogens is 192 g/mol. The first kappa shape index (κ1) is 9.62. The monoisotopic (exact) mass is 200 g/mol. The first-order chi connectivity index (χ1) is 6.13. The molecule has 0 aromatic carbocycles. The van der Waals surface area contributed by atoms with Gasteiger partial charge in [0.1, 0.15) is 10.7 Å². The number of aromatic nitrogens is 1. The molecule has 0 fully saturated rings. The Kier molecular flexibility index (Phi) is 2.93. The molecule has 0 aliphatic rings. The maximum atomic E-state index is 11.1. The molecular formula is C6H8N4O2S. The van der Waals surface area contributed by atoms with E-state index < -0.39 is 11.9 Å². The smallest absolute Gasteiger partial charge is 0.319 e. The fourth-order valence-electron chi connectivity index (χ4n) is 0.685. The van der Waals surface area contributed by atoms with Gasteiger partial charge in [-0.2, -0.15) is 0 Å². The molecule has 5 N–H and O–H groups in total. The predicted octanol–water partition coefficient (Wildman–Crippen LogP) is -0.590. The van der Waals surface area contributed by atoms with Crippen molar-refractivity contribution in [3.05, 3.63) is 16.1 Å². The number of carbonyl (C=O) groups is 2. The second kappa shape index (κ2) is 3.97. The summed E-state index contributed by atoms with van der Waals surface area (Å²) in [5, 5.41) is 4.05. The van der Waals surface area contributed by atoms with E-state index in [0.717, 1.165) is 0 Å². The molecule has 1 rings (SSSR count). The van der Waals surface area contributed by atoms with E-state index in [2.05, 4.69) is 4.98 Å². The van der Waals surface area contributed by atoms with E-state index in [1.807, 2.05) is 5.32 Å². The van der Waals surface area contributed by atoms with E-state index in [0.29, 0.717) is 5.01 Å². The molecule has 0 aliphatic carbocycles. The molecule has 0 bridgehead atoms. The van der Waals surface area contributed by atoms with Gasteiger partial charge >= 0.3 is 6.03 Å². The second-order valence-corrected chi connectivity index (χ2v) is 3.09. The van der Waals surface area contributed by atoms with Crippen LogP contribution >= 0.6 is 11.3 Å². The molecule has 0 atom stereocenters. The number of imide groups is 1. The molecule has 70 valence electrons. The van der Waals surface area contributed by atoms with Crippen LogP contribution < -0.4 is 16.8 Å². The van der Waals surface area contributed by atoms with Crippen molar-refractivity contribution in [3.8, 4) is 0 Å². The molecule has 3 amide bonds. The van der Waals surface area contributed by atoms with E-state index in [1.165, 1.54) is 16.7 Å².